The molecule has 0 aliphatic rings. The van der Waals surface area contributed by atoms with Crippen molar-refractivity contribution in [3.05, 3.63) is 58.6 Å². The third-order valence-corrected chi connectivity index (χ3v) is 4.69. The first-order valence-electron chi connectivity index (χ1n) is 7.85. The standard InChI is InChI=1S/C19H20ClNO3S/c1-13-3-6-15(7-4-13)25-10-9-19(23)24-12-18(22)21-17-8-5-14(2)11-16(17)20/h3-8,11H,9-10,12H2,1-2H3,(H,21,22). The van der Waals surface area contributed by atoms with E-state index in [1.807, 2.05) is 44.2 Å². The van der Waals surface area contributed by atoms with Crippen LogP contribution in [0.25, 0.3) is 0 Å². The van der Waals surface area contributed by atoms with E-state index in [1.165, 1.54) is 5.56 Å². The number of ether oxygens (including phenoxy) is 1. The lowest BCUT2D eigenvalue weighted by molar-refractivity contribution is -0.146. The van der Waals surface area contributed by atoms with Gasteiger partial charge in [0, 0.05) is 10.6 Å². The number of thioether (sulfide) groups is 1. The van der Waals surface area contributed by atoms with E-state index in [9.17, 15) is 9.59 Å². The van der Waals surface area contributed by atoms with Crippen molar-refractivity contribution in [1.82, 2.24) is 0 Å². The van der Waals surface area contributed by atoms with Gasteiger partial charge in [0.2, 0.25) is 0 Å². The molecule has 0 fully saturated rings. The Morgan fingerprint density at radius 2 is 1.76 bits per heavy atom. The van der Waals surface area contributed by atoms with Gasteiger partial charge in [-0.05, 0) is 43.7 Å². The number of hydrogen-bond donors (Lipinski definition) is 1. The highest BCUT2D eigenvalue weighted by atomic mass is 35.5. The number of nitrogens with one attached hydrogen (secondary N) is 1. The van der Waals surface area contributed by atoms with Crippen molar-refractivity contribution in [3.8, 4) is 0 Å². The van der Waals surface area contributed by atoms with E-state index >= 15 is 0 Å². The molecule has 0 aliphatic heterocycles. The molecular formula is C19H20ClNO3S. The number of esters is 1. The largest absolute Gasteiger partial charge is 0.456 e. The Labute approximate surface area is 156 Å². The summed E-state index contributed by atoms with van der Waals surface area (Å²) in [7, 11) is 0. The van der Waals surface area contributed by atoms with Gasteiger partial charge in [-0.2, -0.15) is 0 Å². The second-order valence-electron chi connectivity index (χ2n) is 5.60. The SMILES string of the molecule is Cc1ccc(SCCC(=O)OCC(=O)Nc2ccc(C)cc2Cl)cc1. The van der Waals surface area contributed by atoms with Gasteiger partial charge >= 0.3 is 5.97 Å². The van der Waals surface area contributed by atoms with Gasteiger partial charge in [0.1, 0.15) is 0 Å². The smallest absolute Gasteiger partial charge is 0.307 e. The summed E-state index contributed by atoms with van der Waals surface area (Å²) in [6, 6.07) is 13.4. The number of rotatable bonds is 7. The number of carbonyl (C=O) groups excluding carboxylic acids is 2. The molecule has 0 saturated heterocycles. The monoisotopic (exact) mass is 377 g/mol. The number of anilines is 1. The quantitative estimate of drug-likeness (QED) is 0.565. The molecule has 1 N–H and O–H groups in total. The Bertz CT molecular complexity index is 747. The van der Waals surface area contributed by atoms with Crippen LogP contribution in [0.2, 0.25) is 5.02 Å². The van der Waals surface area contributed by atoms with Gasteiger partial charge in [-0.25, -0.2) is 0 Å². The molecule has 2 aromatic carbocycles. The van der Waals surface area contributed by atoms with Crippen molar-refractivity contribution in [2.24, 2.45) is 0 Å². The number of benzene rings is 2. The summed E-state index contributed by atoms with van der Waals surface area (Å²) in [4.78, 5) is 24.6. The van der Waals surface area contributed by atoms with Gasteiger partial charge < -0.3 is 10.1 Å². The van der Waals surface area contributed by atoms with Crippen molar-refractivity contribution in [3.63, 3.8) is 0 Å². The second-order valence-corrected chi connectivity index (χ2v) is 7.18. The molecule has 0 bridgehead atoms. The Morgan fingerprint density at radius 1 is 1.08 bits per heavy atom. The molecule has 4 nitrogen and oxygen atoms in total. The first kappa shape index (κ1) is 19.3. The highest BCUT2D eigenvalue weighted by molar-refractivity contribution is 7.99. The summed E-state index contributed by atoms with van der Waals surface area (Å²) in [6.07, 6.45) is 0.247. The highest BCUT2D eigenvalue weighted by Crippen LogP contribution is 2.22. The maximum absolute atomic E-state index is 11.8. The number of halogens is 1. The summed E-state index contributed by atoms with van der Waals surface area (Å²) >= 11 is 7.63. The Morgan fingerprint density at radius 3 is 2.44 bits per heavy atom. The third-order valence-electron chi connectivity index (χ3n) is 3.36. The molecular weight excluding hydrogens is 358 g/mol. The van der Waals surface area contributed by atoms with Crippen LogP contribution in [-0.4, -0.2) is 24.2 Å². The minimum atomic E-state index is -0.412. The lowest BCUT2D eigenvalue weighted by Gasteiger charge is -2.08. The first-order chi connectivity index (χ1) is 11.9. The average Bonchev–Trinajstić information content (AvgIpc) is 2.57. The zero-order valence-corrected chi connectivity index (χ0v) is 15.7. The molecule has 25 heavy (non-hydrogen) atoms. The number of aryl methyl sites for hydroxylation is 2. The molecule has 0 unspecified atom stereocenters. The van der Waals surface area contributed by atoms with Gasteiger partial charge in [-0.3, -0.25) is 9.59 Å². The highest BCUT2D eigenvalue weighted by Gasteiger charge is 2.10. The van der Waals surface area contributed by atoms with Gasteiger partial charge in [0.25, 0.3) is 5.91 Å². The van der Waals surface area contributed by atoms with Crippen LogP contribution in [0.15, 0.2) is 47.4 Å². The Hall–Kier alpha value is -1.98. The Kier molecular flexibility index (Phi) is 7.34. The Balaban J connectivity index is 1.68. The van der Waals surface area contributed by atoms with Crippen molar-refractivity contribution < 1.29 is 14.3 Å². The molecule has 2 rings (SSSR count). The van der Waals surface area contributed by atoms with E-state index in [2.05, 4.69) is 5.32 Å². The van der Waals surface area contributed by atoms with Crippen molar-refractivity contribution in [2.75, 3.05) is 17.7 Å². The van der Waals surface area contributed by atoms with Crippen molar-refractivity contribution >= 4 is 40.9 Å². The fraction of sp³-hybridized carbons (Fsp3) is 0.263. The number of carbonyl (C=O) groups is 2. The van der Waals surface area contributed by atoms with E-state index in [4.69, 9.17) is 16.3 Å². The molecule has 1 amide bonds. The maximum Gasteiger partial charge on any atom is 0.307 e. The lowest BCUT2D eigenvalue weighted by atomic mass is 10.2. The topological polar surface area (TPSA) is 55.4 Å². The molecule has 0 heterocycles. The molecule has 0 atom stereocenters. The fourth-order valence-corrected chi connectivity index (χ4v) is 3.13. The van der Waals surface area contributed by atoms with Gasteiger partial charge in [0.05, 0.1) is 17.1 Å². The molecule has 0 radical (unpaired) electrons. The predicted octanol–water partition coefficient (Wildman–Crippen LogP) is 4.62. The normalized spacial score (nSPS) is 10.4. The van der Waals surface area contributed by atoms with Crippen LogP contribution >= 0.6 is 23.4 Å². The van der Waals surface area contributed by atoms with E-state index in [0.29, 0.717) is 16.5 Å². The van der Waals surface area contributed by atoms with E-state index in [-0.39, 0.29) is 13.0 Å². The summed E-state index contributed by atoms with van der Waals surface area (Å²) < 4.78 is 4.99. The van der Waals surface area contributed by atoms with E-state index < -0.39 is 11.9 Å². The van der Waals surface area contributed by atoms with Crippen LogP contribution in [-0.2, 0) is 14.3 Å². The van der Waals surface area contributed by atoms with E-state index in [0.717, 1.165) is 10.5 Å². The minimum Gasteiger partial charge on any atom is -0.456 e. The minimum absolute atomic E-state index is 0.247. The molecule has 6 heteroatoms. The number of amides is 1. The lowest BCUT2D eigenvalue weighted by Crippen LogP contribution is -2.21. The van der Waals surface area contributed by atoms with Crippen LogP contribution in [0.5, 0.6) is 0 Å². The van der Waals surface area contributed by atoms with Crippen LogP contribution in [0, 0.1) is 13.8 Å². The zero-order valence-electron chi connectivity index (χ0n) is 14.2. The summed E-state index contributed by atoms with van der Waals surface area (Å²) in [6.45, 7) is 3.62. The predicted molar refractivity (Wildman–Crippen MR) is 102 cm³/mol. The van der Waals surface area contributed by atoms with Crippen LogP contribution in [0.3, 0.4) is 0 Å². The van der Waals surface area contributed by atoms with Gasteiger partial charge in [-0.1, -0.05) is 35.4 Å². The summed E-state index contributed by atoms with van der Waals surface area (Å²) in [5.74, 6) is -0.206. The van der Waals surface area contributed by atoms with Crippen molar-refractivity contribution in [2.45, 2.75) is 25.2 Å². The first-order valence-corrected chi connectivity index (χ1v) is 9.21. The summed E-state index contributed by atoms with van der Waals surface area (Å²) in [5, 5.41) is 3.08. The summed E-state index contributed by atoms with van der Waals surface area (Å²) in [5.41, 5.74) is 2.70. The molecule has 0 aliphatic carbocycles. The van der Waals surface area contributed by atoms with E-state index in [1.54, 1.807) is 23.9 Å². The van der Waals surface area contributed by atoms with Gasteiger partial charge in [0.15, 0.2) is 6.61 Å². The molecule has 0 saturated carbocycles. The average molecular weight is 378 g/mol. The van der Waals surface area contributed by atoms with Crippen LogP contribution in [0.4, 0.5) is 5.69 Å². The molecule has 0 aromatic heterocycles. The fourth-order valence-electron chi connectivity index (χ4n) is 2.01. The van der Waals surface area contributed by atoms with Crippen LogP contribution in [0.1, 0.15) is 17.5 Å². The molecule has 2 aromatic rings. The third kappa shape index (κ3) is 6.80. The van der Waals surface area contributed by atoms with Gasteiger partial charge in [-0.15, -0.1) is 11.8 Å². The zero-order chi connectivity index (χ0) is 18.2. The molecule has 0 spiro atoms. The van der Waals surface area contributed by atoms with Crippen molar-refractivity contribution in [1.29, 1.82) is 0 Å². The van der Waals surface area contributed by atoms with Crippen LogP contribution < -0.4 is 5.32 Å². The maximum atomic E-state index is 11.8. The number of hydrogen-bond acceptors (Lipinski definition) is 4. The molecule has 132 valence electrons. The second kappa shape index (κ2) is 9.49.